The molecule has 1 rings (SSSR count). The third-order valence-electron chi connectivity index (χ3n) is 3.62. The second-order valence-corrected chi connectivity index (χ2v) is 6.85. The molecule has 1 aromatic carbocycles. The molecule has 0 saturated heterocycles. The first-order valence-electron chi connectivity index (χ1n) is 8.15. The lowest BCUT2D eigenvalue weighted by molar-refractivity contribution is -0.123. The molecule has 1 aromatic rings. The standard InChI is InChI=1S/C18H28BrNO2/c1-5-6-7-8-9-20-18(21)12-22-17-10-14(4)16(19)11-15(17)13(2)3/h10-11,13H,5-9,12H2,1-4H3,(H,20,21). The van der Waals surface area contributed by atoms with Gasteiger partial charge in [-0.1, -0.05) is 56.0 Å². The van der Waals surface area contributed by atoms with Crippen molar-refractivity contribution >= 4 is 21.8 Å². The van der Waals surface area contributed by atoms with E-state index in [4.69, 9.17) is 4.74 Å². The van der Waals surface area contributed by atoms with Crippen molar-refractivity contribution in [3.05, 3.63) is 27.7 Å². The largest absolute Gasteiger partial charge is 0.483 e. The van der Waals surface area contributed by atoms with Crippen LogP contribution in [0.3, 0.4) is 0 Å². The molecule has 0 fully saturated rings. The topological polar surface area (TPSA) is 38.3 Å². The zero-order chi connectivity index (χ0) is 16.5. The van der Waals surface area contributed by atoms with Crippen LogP contribution in [-0.4, -0.2) is 19.1 Å². The Morgan fingerprint density at radius 3 is 2.64 bits per heavy atom. The number of hydrogen-bond acceptors (Lipinski definition) is 2. The molecule has 0 atom stereocenters. The van der Waals surface area contributed by atoms with Crippen molar-refractivity contribution in [3.63, 3.8) is 0 Å². The molecule has 124 valence electrons. The summed E-state index contributed by atoms with van der Waals surface area (Å²) in [4.78, 5) is 11.8. The maximum Gasteiger partial charge on any atom is 0.257 e. The SMILES string of the molecule is CCCCCCNC(=O)COc1cc(C)c(Br)cc1C(C)C. The summed E-state index contributed by atoms with van der Waals surface area (Å²) in [5.41, 5.74) is 2.23. The number of carbonyl (C=O) groups excluding carboxylic acids is 1. The first kappa shape index (κ1) is 19.0. The van der Waals surface area contributed by atoms with Gasteiger partial charge < -0.3 is 10.1 Å². The highest BCUT2D eigenvalue weighted by Crippen LogP contribution is 2.32. The zero-order valence-corrected chi connectivity index (χ0v) is 15.8. The van der Waals surface area contributed by atoms with Gasteiger partial charge >= 0.3 is 0 Å². The molecule has 0 aromatic heterocycles. The van der Waals surface area contributed by atoms with E-state index in [0.717, 1.165) is 34.3 Å². The van der Waals surface area contributed by atoms with Crippen molar-refractivity contribution in [1.82, 2.24) is 5.32 Å². The summed E-state index contributed by atoms with van der Waals surface area (Å²) < 4.78 is 6.81. The molecule has 1 amide bonds. The van der Waals surface area contributed by atoms with Crippen molar-refractivity contribution in [1.29, 1.82) is 0 Å². The molecule has 1 N–H and O–H groups in total. The molecule has 3 nitrogen and oxygen atoms in total. The third kappa shape index (κ3) is 6.39. The minimum absolute atomic E-state index is 0.0493. The number of rotatable bonds is 9. The first-order valence-corrected chi connectivity index (χ1v) is 8.94. The van der Waals surface area contributed by atoms with Crippen LogP contribution in [0.2, 0.25) is 0 Å². The lowest BCUT2D eigenvalue weighted by Gasteiger charge is -2.16. The molecule has 0 bridgehead atoms. The van der Waals surface area contributed by atoms with Crippen LogP contribution >= 0.6 is 15.9 Å². The van der Waals surface area contributed by atoms with Gasteiger partial charge in [-0.2, -0.15) is 0 Å². The van der Waals surface area contributed by atoms with E-state index in [-0.39, 0.29) is 12.5 Å². The third-order valence-corrected chi connectivity index (χ3v) is 4.48. The van der Waals surface area contributed by atoms with Crippen molar-refractivity contribution in [2.75, 3.05) is 13.2 Å². The molecular formula is C18H28BrNO2. The van der Waals surface area contributed by atoms with Crippen LogP contribution in [-0.2, 0) is 4.79 Å². The number of amides is 1. The average molecular weight is 370 g/mol. The number of benzene rings is 1. The summed E-state index contributed by atoms with van der Waals surface area (Å²) in [6.45, 7) is 9.26. The van der Waals surface area contributed by atoms with Crippen molar-refractivity contribution < 1.29 is 9.53 Å². The van der Waals surface area contributed by atoms with Gasteiger partial charge in [-0.3, -0.25) is 4.79 Å². The Labute approximate surface area is 143 Å². The normalized spacial score (nSPS) is 10.8. The summed E-state index contributed by atoms with van der Waals surface area (Å²) in [6.07, 6.45) is 4.63. The van der Waals surface area contributed by atoms with Gasteiger partial charge in [0.2, 0.25) is 0 Å². The van der Waals surface area contributed by atoms with Gasteiger partial charge in [0.15, 0.2) is 6.61 Å². The highest BCUT2D eigenvalue weighted by Gasteiger charge is 2.12. The molecule has 0 heterocycles. The van der Waals surface area contributed by atoms with E-state index in [1.807, 2.05) is 13.0 Å². The summed E-state index contributed by atoms with van der Waals surface area (Å²) in [6, 6.07) is 4.08. The van der Waals surface area contributed by atoms with Gasteiger partial charge in [0.25, 0.3) is 5.91 Å². The van der Waals surface area contributed by atoms with Crippen molar-refractivity contribution in [3.8, 4) is 5.75 Å². The zero-order valence-electron chi connectivity index (χ0n) is 14.2. The van der Waals surface area contributed by atoms with E-state index in [9.17, 15) is 4.79 Å². The Kier molecular flexibility index (Phi) is 8.54. The van der Waals surface area contributed by atoms with E-state index in [1.165, 1.54) is 19.3 Å². The molecule has 0 aliphatic heterocycles. The number of hydrogen-bond donors (Lipinski definition) is 1. The molecule has 0 aliphatic carbocycles. The predicted octanol–water partition coefficient (Wildman–Crippen LogP) is 4.96. The van der Waals surface area contributed by atoms with Crippen LogP contribution in [0.15, 0.2) is 16.6 Å². The Morgan fingerprint density at radius 2 is 2.00 bits per heavy atom. The van der Waals surface area contributed by atoms with Crippen molar-refractivity contribution in [2.24, 2.45) is 0 Å². The van der Waals surface area contributed by atoms with Gasteiger partial charge in [0, 0.05) is 11.0 Å². The van der Waals surface area contributed by atoms with E-state index in [2.05, 4.69) is 48.1 Å². The van der Waals surface area contributed by atoms with E-state index < -0.39 is 0 Å². The van der Waals surface area contributed by atoms with Crippen LogP contribution in [0.1, 0.15) is 63.5 Å². The van der Waals surface area contributed by atoms with E-state index in [0.29, 0.717) is 5.92 Å². The maximum absolute atomic E-state index is 11.8. The van der Waals surface area contributed by atoms with Crippen LogP contribution < -0.4 is 10.1 Å². The lowest BCUT2D eigenvalue weighted by atomic mass is 10.0. The fourth-order valence-electron chi connectivity index (χ4n) is 2.22. The van der Waals surface area contributed by atoms with Gasteiger partial charge in [0.1, 0.15) is 5.75 Å². The smallest absolute Gasteiger partial charge is 0.257 e. The van der Waals surface area contributed by atoms with Gasteiger partial charge in [-0.15, -0.1) is 0 Å². The Morgan fingerprint density at radius 1 is 1.27 bits per heavy atom. The summed E-state index contributed by atoms with van der Waals surface area (Å²) in [7, 11) is 0. The number of halogens is 1. The highest BCUT2D eigenvalue weighted by molar-refractivity contribution is 9.10. The molecular weight excluding hydrogens is 342 g/mol. The van der Waals surface area contributed by atoms with Crippen LogP contribution in [0.4, 0.5) is 0 Å². The van der Waals surface area contributed by atoms with E-state index >= 15 is 0 Å². The minimum Gasteiger partial charge on any atom is -0.483 e. The fraction of sp³-hybridized carbons (Fsp3) is 0.611. The number of carbonyl (C=O) groups is 1. The fourth-order valence-corrected chi connectivity index (χ4v) is 2.58. The second-order valence-electron chi connectivity index (χ2n) is 5.99. The summed E-state index contributed by atoms with van der Waals surface area (Å²) >= 11 is 3.55. The Hall–Kier alpha value is -1.03. The average Bonchev–Trinajstić information content (AvgIpc) is 2.47. The monoisotopic (exact) mass is 369 g/mol. The van der Waals surface area contributed by atoms with Crippen molar-refractivity contribution in [2.45, 2.75) is 59.3 Å². The summed E-state index contributed by atoms with van der Waals surface area (Å²) in [5, 5.41) is 2.91. The molecule has 4 heteroatoms. The highest BCUT2D eigenvalue weighted by atomic mass is 79.9. The summed E-state index contributed by atoms with van der Waals surface area (Å²) in [5.74, 6) is 1.10. The number of ether oxygens (including phenoxy) is 1. The van der Waals surface area contributed by atoms with E-state index in [1.54, 1.807) is 0 Å². The molecule has 0 spiro atoms. The number of aryl methyl sites for hydroxylation is 1. The van der Waals surface area contributed by atoms with Crippen LogP contribution in [0.25, 0.3) is 0 Å². The molecule has 0 saturated carbocycles. The number of unbranched alkanes of at least 4 members (excludes halogenated alkanes) is 3. The second kappa shape index (κ2) is 9.88. The quantitative estimate of drug-likeness (QED) is 0.624. The van der Waals surface area contributed by atoms with Gasteiger partial charge in [-0.05, 0) is 42.5 Å². The van der Waals surface area contributed by atoms with Crippen LogP contribution in [0, 0.1) is 6.92 Å². The molecule has 0 aliphatic rings. The maximum atomic E-state index is 11.8. The predicted molar refractivity (Wildman–Crippen MR) is 95.6 cm³/mol. The minimum atomic E-state index is -0.0493. The number of nitrogens with one attached hydrogen (secondary N) is 1. The lowest BCUT2D eigenvalue weighted by Crippen LogP contribution is -2.29. The van der Waals surface area contributed by atoms with Gasteiger partial charge in [-0.25, -0.2) is 0 Å². The van der Waals surface area contributed by atoms with Gasteiger partial charge in [0.05, 0.1) is 0 Å². The Balaban J connectivity index is 2.50. The van der Waals surface area contributed by atoms with Crippen LogP contribution in [0.5, 0.6) is 5.75 Å². The Bertz CT molecular complexity index is 486. The molecule has 0 radical (unpaired) electrons. The molecule has 0 unspecified atom stereocenters. The molecule has 22 heavy (non-hydrogen) atoms. The first-order chi connectivity index (χ1) is 10.5.